The van der Waals surface area contributed by atoms with Gasteiger partial charge in [0.2, 0.25) is 11.8 Å². The molecule has 2 aromatic heterocycles. The largest absolute Gasteiger partial charge is 0.354 e. The second kappa shape index (κ2) is 9.50. The summed E-state index contributed by atoms with van der Waals surface area (Å²) in [5, 5.41) is 5.48. The highest BCUT2D eigenvalue weighted by Crippen LogP contribution is 2.17. The minimum atomic E-state index is -0.959. The number of hydrogen-bond acceptors (Lipinski definition) is 7. The Morgan fingerprint density at radius 2 is 1.81 bits per heavy atom. The van der Waals surface area contributed by atoms with Crippen molar-refractivity contribution in [2.45, 2.75) is 24.9 Å². The minimum absolute atomic E-state index is 0.0140. The normalized spacial score (nSPS) is 20.9. The molecule has 0 saturated carbocycles. The molecule has 2 atom stereocenters. The number of aromatic nitrogens is 3. The van der Waals surface area contributed by atoms with Crippen LogP contribution >= 0.6 is 0 Å². The van der Waals surface area contributed by atoms with Crippen LogP contribution in [0.2, 0.25) is 0 Å². The molecule has 0 unspecified atom stereocenters. The fourth-order valence-electron chi connectivity index (χ4n) is 3.86. The molecule has 32 heavy (non-hydrogen) atoms. The average molecular weight is 437 g/mol. The first kappa shape index (κ1) is 21.3. The summed E-state index contributed by atoms with van der Waals surface area (Å²) < 4.78 is 0. The van der Waals surface area contributed by atoms with Gasteiger partial charge < -0.3 is 20.4 Å². The van der Waals surface area contributed by atoms with Crippen molar-refractivity contribution in [1.82, 2.24) is 35.4 Å². The molecule has 2 aliphatic rings. The predicted molar refractivity (Wildman–Crippen MR) is 111 cm³/mol. The van der Waals surface area contributed by atoms with Gasteiger partial charge in [0.15, 0.2) is 0 Å². The highest BCUT2D eigenvalue weighted by Gasteiger charge is 2.39. The lowest BCUT2D eigenvalue weighted by Crippen LogP contribution is -2.63. The van der Waals surface area contributed by atoms with Crippen LogP contribution in [0.4, 0.5) is 0 Å². The van der Waals surface area contributed by atoms with E-state index in [0.717, 1.165) is 6.42 Å². The second-order valence-electron chi connectivity index (χ2n) is 7.63. The number of pyridine rings is 1. The molecule has 4 amide bonds. The molecule has 2 aliphatic heterocycles. The number of piperidine rings is 1. The summed E-state index contributed by atoms with van der Waals surface area (Å²) in [6.45, 7) is 0.955. The fraction of sp³-hybridized carbons (Fsp3) is 0.381. The van der Waals surface area contributed by atoms with Gasteiger partial charge in [-0.15, -0.1) is 0 Å². The van der Waals surface area contributed by atoms with Gasteiger partial charge in [-0.3, -0.25) is 24.2 Å². The third-order valence-electron chi connectivity index (χ3n) is 5.55. The number of carbonyl (C=O) groups excluding carboxylic acids is 4. The van der Waals surface area contributed by atoms with Gasteiger partial charge in [0, 0.05) is 44.4 Å². The highest BCUT2D eigenvalue weighted by atomic mass is 16.2. The summed E-state index contributed by atoms with van der Waals surface area (Å²) in [7, 11) is 0. The number of hydrogen-bond donors (Lipinski definition) is 2. The van der Waals surface area contributed by atoms with Gasteiger partial charge in [0.1, 0.15) is 18.4 Å². The van der Waals surface area contributed by atoms with Crippen molar-refractivity contribution in [1.29, 1.82) is 0 Å². The maximum Gasteiger partial charge on any atom is 0.257 e. The molecule has 0 bridgehead atoms. The molecule has 166 valence electrons. The lowest BCUT2D eigenvalue weighted by Gasteiger charge is -2.41. The first-order valence-corrected chi connectivity index (χ1v) is 10.4. The third-order valence-corrected chi connectivity index (χ3v) is 5.55. The molecule has 11 heteroatoms. The Balaban J connectivity index is 1.56. The van der Waals surface area contributed by atoms with Crippen molar-refractivity contribution in [2.24, 2.45) is 0 Å². The van der Waals surface area contributed by atoms with Crippen LogP contribution in [-0.4, -0.2) is 86.6 Å². The molecule has 0 aliphatic carbocycles. The Labute approximate surface area is 184 Å². The zero-order valence-corrected chi connectivity index (χ0v) is 17.3. The van der Waals surface area contributed by atoms with Crippen LogP contribution in [0.15, 0.2) is 43.2 Å². The van der Waals surface area contributed by atoms with Crippen molar-refractivity contribution in [3.05, 3.63) is 54.4 Å². The molecule has 2 N–H and O–H groups in total. The molecular weight excluding hydrogens is 414 g/mol. The number of carbonyl (C=O) groups is 4. The SMILES string of the molecule is O=C1NCCC[C@@H]1NC(=O)[C@H]1CN(C(=O)c2cncnc2)CCN1C(=O)c1cccnc1. The van der Waals surface area contributed by atoms with E-state index in [0.29, 0.717) is 24.1 Å². The maximum absolute atomic E-state index is 13.2. The van der Waals surface area contributed by atoms with E-state index in [1.807, 2.05) is 0 Å². The molecule has 2 saturated heterocycles. The highest BCUT2D eigenvalue weighted by molar-refractivity contribution is 5.99. The van der Waals surface area contributed by atoms with Gasteiger partial charge in [-0.1, -0.05) is 0 Å². The Hall–Kier alpha value is -3.89. The third kappa shape index (κ3) is 4.56. The van der Waals surface area contributed by atoms with Crippen molar-refractivity contribution in [3.63, 3.8) is 0 Å². The van der Waals surface area contributed by atoms with Crippen LogP contribution in [0.5, 0.6) is 0 Å². The van der Waals surface area contributed by atoms with E-state index in [9.17, 15) is 19.2 Å². The fourth-order valence-corrected chi connectivity index (χ4v) is 3.86. The van der Waals surface area contributed by atoms with E-state index in [2.05, 4.69) is 25.6 Å². The maximum atomic E-state index is 13.2. The van der Waals surface area contributed by atoms with E-state index >= 15 is 0 Å². The predicted octanol–water partition coefficient (Wildman–Crippen LogP) is -0.767. The molecule has 0 radical (unpaired) electrons. The zero-order valence-electron chi connectivity index (χ0n) is 17.3. The lowest BCUT2D eigenvalue weighted by atomic mass is 10.0. The van der Waals surface area contributed by atoms with Crippen LogP contribution in [-0.2, 0) is 9.59 Å². The van der Waals surface area contributed by atoms with E-state index in [4.69, 9.17) is 0 Å². The van der Waals surface area contributed by atoms with Gasteiger partial charge in [0.05, 0.1) is 17.7 Å². The number of amides is 4. The van der Waals surface area contributed by atoms with Crippen molar-refractivity contribution in [2.75, 3.05) is 26.2 Å². The molecule has 11 nitrogen and oxygen atoms in total. The second-order valence-corrected chi connectivity index (χ2v) is 7.63. The van der Waals surface area contributed by atoms with E-state index in [1.165, 1.54) is 34.7 Å². The quantitative estimate of drug-likeness (QED) is 0.641. The van der Waals surface area contributed by atoms with Crippen molar-refractivity contribution in [3.8, 4) is 0 Å². The summed E-state index contributed by atoms with van der Waals surface area (Å²) in [5.74, 6) is -1.42. The summed E-state index contributed by atoms with van der Waals surface area (Å²) in [5.41, 5.74) is 0.641. The summed E-state index contributed by atoms with van der Waals surface area (Å²) in [4.78, 5) is 66.0. The smallest absolute Gasteiger partial charge is 0.257 e. The molecule has 0 spiro atoms. The van der Waals surface area contributed by atoms with Crippen LogP contribution in [0.25, 0.3) is 0 Å². The van der Waals surface area contributed by atoms with Crippen LogP contribution in [0, 0.1) is 0 Å². The summed E-state index contributed by atoms with van der Waals surface area (Å²) >= 11 is 0. The molecule has 2 fully saturated rings. The minimum Gasteiger partial charge on any atom is -0.354 e. The molecule has 4 rings (SSSR count). The van der Waals surface area contributed by atoms with Gasteiger partial charge in [-0.2, -0.15) is 0 Å². The Bertz CT molecular complexity index is 1000. The van der Waals surface area contributed by atoms with Crippen LogP contribution in [0.3, 0.4) is 0 Å². The van der Waals surface area contributed by atoms with Gasteiger partial charge in [-0.25, -0.2) is 9.97 Å². The molecule has 0 aromatic carbocycles. The molecule has 4 heterocycles. The Kier molecular flexibility index (Phi) is 6.34. The Morgan fingerprint density at radius 1 is 1.03 bits per heavy atom. The number of rotatable bonds is 4. The monoisotopic (exact) mass is 437 g/mol. The topological polar surface area (TPSA) is 137 Å². The van der Waals surface area contributed by atoms with Gasteiger partial charge >= 0.3 is 0 Å². The first-order chi connectivity index (χ1) is 15.5. The summed E-state index contributed by atoms with van der Waals surface area (Å²) in [6, 6.07) is 1.64. The lowest BCUT2D eigenvalue weighted by molar-refractivity contribution is -0.133. The van der Waals surface area contributed by atoms with E-state index in [-0.39, 0.29) is 37.4 Å². The van der Waals surface area contributed by atoms with E-state index in [1.54, 1.807) is 18.3 Å². The Morgan fingerprint density at radius 3 is 2.53 bits per heavy atom. The number of nitrogens with one attached hydrogen (secondary N) is 2. The average Bonchev–Trinajstić information content (AvgIpc) is 2.85. The van der Waals surface area contributed by atoms with Gasteiger partial charge in [0.25, 0.3) is 11.8 Å². The van der Waals surface area contributed by atoms with Crippen molar-refractivity contribution < 1.29 is 19.2 Å². The van der Waals surface area contributed by atoms with Gasteiger partial charge in [-0.05, 0) is 25.0 Å². The number of piperazine rings is 1. The van der Waals surface area contributed by atoms with Crippen LogP contribution < -0.4 is 10.6 Å². The molecule has 2 aromatic rings. The van der Waals surface area contributed by atoms with Crippen LogP contribution in [0.1, 0.15) is 33.6 Å². The first-order valence-electron chi connectivity index (χ1n) is 10.4. The standard InChI is InChI=1S/C21H23N7O4/c29-18-16(4-2-6-25-18)26-19(30)17-12-27(20(31)15-10-23-13-24-11-15)7-8-28(17)21(32)14-3-1-5-22-9-14/h1,3,5,9-11,13,16-17H,2,4,6-8,12H2,(H,25,29)(H,26,30)/t16-,17+/m0/s1. The zero-order chi connectivity index (χ0) is 22.5. The number of nitrogens with zero attached hydrogens (tertiary/aromatic N) is 5. The van der Waals surface area contributed by atoms with E-state index < -0.39 is 18.0 Å². The summed E-state index contributed by atoms with van der Waals surface area (Å²) in [6.07, 6.45) is 8.40. The van der Waals surface area contributed by atoms with Crippen molar-refractivity contribution >= 4 is 23.6 Å². The molecular formula is C21H23N7O4.